The van der Waals surface area contributed by atoms with E-state index in [0.717, 1.165) is 37.7 Å². The Hall–Kier alpha value is -1.62. The molecule has 2 aliphatic heterocycles. The van der Waals surface area contributed by atoms with Gasteiger partial charge in [-0.3, -0.25) is 4.98 Å². The van der Waals surface area contributed by atoms with Crippen molar-refractivity contribution in [3.8, 4) is 0 Å². The predicted molar refractivity (Wildman–Crippen MR) is 108 cm³/mol. The van der Waals surface area contributed by atoms with Crippen molar-refractivity contribution in [1.82, 2.24) is 9.88 Å². The first-order valence-electron chi connectivity index (χ1n) is 9.52. The molecule has 26 heavy (non-hydrogen) atoms. The zero-order chi connectivity index (χ0) is 18.1. The monoisotopic (exact) mass is 370 g/mol. The maximum atomic E-state index is 6.09. The number of halogens is 1. The summed E-state index contributed by atoms with van der Waals surface area (Å²) in [6.45, 7) is 7.50. The van der Waals surface area contributed by atoms with Gasteiger partial charge in [-0.2, -0.15) is 0 Å². The molecular formula is C21H27ClN4. The van der Waals surface area contributed by atoms with E-state index in [-0.39, 0.29) is 5.41 Å². The molecule has 0 amide bonds. The van der Waals surface area contributed by atoms with E-state index in [1.165, 1.54) is 29.8 Å². The van der Waals surface area contributed by atoms with Gasteiger partial charge in [-0.1, -0.05) is 18.5 Å². The van der Waals surface area contributed by atoms with Gasteiger partial charge in [0.15, 0.2) is 0 Å². The Kier molecular flexibility index (Phi) is 4.91. The molecule has 1 saturated heterocycles. The van der Waals surface area contributed by atoms with Gasteiger partial charge in [-0.25, -0.2) is 0 Å². The van der Waals surface area contributed by atoms with Crippen LogP contribution in [0.15, 0.2) is 42.7 Å². The summed E-state index contributed by atoms with van der Waals surface area (Å²) >= 11 is 6.09. The van der Waals surface area contributed by atoms with E-state index in [4.69, 9.17) is 17.3 Å². The molecular weight excluding hydrogens is 344 g/mol. The second kappa shape index (κ2) is 7.18. The second-order valence-corrected chi connectivity index (χ2v) is 8.21. The lowest BCUT2D eigenvalue weighted by Crippen LogP contribution is -2.45. The molecule has 5 heteroatoms. The summed E-state index contributed by atoms with van der Waals surface area (Å²) in [6.07, 6.45) is 6.41. The van der Waals surface area contributed by atoms with Crippen molar-refractivity contribution < 1.29 is 0 Å². The van der Waals surface area contributed by atoms with E-state index in [0.29, 0.717) is 5.92 Å². The quantitative estimate of drug-likeness (QED) is 0.888. The van der Waals surface area contributed by atoms with E-state index >= 15 is 0 Å². The topological polar surface area (TPSA) is 45.4 Å². The third-order valence-corrected chi connectivity index (χ3v) is 6.52. The number of piperidine rings is 1. The highest BCUT2D eigenvalue weighted by molar-refractivity contribution is 6.30. The van der Waals surface area contributed by atoms with Crippen LogP contribution in [0.25, 0.3) is 0 Å². The zero-order valence-corrected chi connectivity index (χ0v) is 16.1. The predicted octanol–water partition coefficient (Wildman–Crippen LogP) is 3.82. The first kappa shape index (κ1) is 17.8. The highest BCUT2D eigenvalue weighted by Gasteiger charge is 2.45. The van der Waals surface area contributed by atoms with Crippen LogP contribution in [0.1, 0.15) is 25.3 Å². The molecule has 2 aromatic rings. The fourth-order valence-corrected chi connectivity index (χ4v) is 4.89. The Balaban J connectivity index is 1.62. The number of anilines is 2. The molecule has 0 aliphatic carbocycles. The molecule has 0 bridgehead atoms. The number of rotatable bonds is 4. The fourth-order valence-electron chi connectivity index (χ4n) is 4.76. The van der Waals surface area contributed by atoms with E-state index in [1.807, 2.05) is 24.5 Å². The maximum absolute atomic E-state index is 6.09. The summed E-state index contributed by atoms with van der Waals surface area (Å²) < 4.78 is 0. The van der Waals surface area contributed by atoms with Gasteiger partial charge in [-0.05, 0) is 67.7 Å². The molecule has 3 heterocycles. The van der Waals surface area contributed by atoms with Crippen LogP contribution < -0.4 is 10.6 Å². The van der Waals surface area contributed by atoms with Crippen molar-refractivity contribution in [2.45, 2.75) is 25.2 Å². The highest BCUT2D eigenvalue weighted by Crippen LogP contribution is 2.50. The lowest BCUT2D eigenvalue weighted by atomic mass is 9.69. The molecule has 1 atom stereocenters. The number of likely N-dealkylation sites (tertiary alicyclic amines) is 1. The van der Waals surface area contributed by atoms with Crippen molar-refractivity contribution >= 4 is 23.0 Å². The smallest absolute Gasteiger partial charge is 0.0636 e. The molecule has 0 spiro atoms. The van der Waals surface area contributed by atoms with Gasteiger partial charge >= 0.3 is 0 Å². The lowest BCUT2D eigenvalue weighted by Gasteiger charge is -2.41. The summed E-state index contributed by atoms with van der Waals surface area (Å²) in [4.78, 5) is 9.31. The molecule has 1 fully saturated rings. The van der Waals surface area contributed by atoms with Crippen LogP contribution in [0.2, 0.25) is 5.02 Å². The van der Waals surface area contributed by atoms with Gasteiger partial charge in [-0.15, -0.1) is 0 Å². The van der Waals surface area contributed by atoms with Gasteiger partial charge in [0, 0.05) is 42.0 Å². The first-order chi connectivity index (χ1) is 12.6. The number of hydrogen-bond donors (Lipinski definition) is 1. The van der Waals surface area contributed by atoms with Crippen molar-refractivity contribution in [2.24, 2.45) is 11.7 Å². The maximum Gasteiger partial charge on any atom is 0.0636 e. The normalized spacial score (nSPS) is 24.0. The minimum atomic E-state index is 0.146. The van der Waals surface area contributed by atoms with Crippen molar-refractivity contribution in [1.29, 1.82) is 0 Å². The van der Waals surface area contributed by atoms with Crippen LogP contribution in [0.3, 0.4) is 0 Å². The van der Waals surface area contributed by atoms with Crippen molar-refractivity contribution in [3.63, 3.8) is 0 Å². The van der Waals surface area contributed by atoms with Crippen LogP contribution >= 0.6 is 11.6 Å². The van der Waals surface area contributed by atoms with Crippen LogP contribution in [-0.4, -0.2) is 42.6 Å². The average Bonchev–Trinajstić information content (AvgIpc) is 2.98. The molecule has 2 N–H and O–H groups in total. The number of hydrogen-bond acceptors (Lipinski definition) is 4. The van der Waals surface area contributed by atoms with Gasteiger partial charge < -0.3 is 15.5 Å². The van der Waals surface area contributed by atoms with Crippen LogP contribution in [0.4, 0.5) is 11.4 Å². The SMILES string of the molecule is CC1(C2CCN(CCN)CC2)CN(c2ccc(Cl)cc2)c2cnccc21. The van der Waals surface area contributed by atoms with Gasteiger partial charge in [0.25, 0.3) is 0 Å². The molecule has 2 aliphatic rings. The second-order valence-electron chi connectivity index (χ2n) is 7.78. The number of nitrogens with two attached hydrogens (primary N) is 1. The fraction of sp³-hybridized carbons (Fsp3) is 0.476. The summed E-state index contributed by atoms with van der Waals surface area (Å²) in [5.41, 5.74) is 9.74. The third-order valence-electron chi connectivity index (χ3n) is 6.26. The minimum absolute atomic E-state index is 0.146. The average molecular weight is 371 g/mol. The van der Waals surface area contributed by atoms with E-state index < -0.39 is 0 Å². The Morgan fingerprint density at radius 3 is 2.62 bits per heavy atom. The minimum Gasteiger partial charge on any atom is -0.339 e. The Morgan fingerprint density at radius 2 is 1.92 bits per heavy atom. The molecule has 0 saturated carbocycles. The van der Waals surface area contributed by atoms with E-state index in [1.54, 1.807) is 0 Å². The molecule has 1 unspecified atom stereocenters. The van der Waals surface area contributed by atoms with Gasteiger partial charge in [0.05, 0.1) is 11.9 Å². The molecule has 138 valence electrons. The van der Waals surface area contributed by atoms with Crippen LogP contribution in [0, 0.1) is 5.92 Å². The third kappa shape index (κ3) is 3.11. The largest absolute Gasteiger partial charge is 0.339 e. The number of benzene rings is 1. The van der Waals surface area contributed by atoms with E-state index in [2.05, 4.69) is 39.9 Å². The van der Waals surface area contributed by atoms with E-state index in [9.17, 15) is 0 Å². The molecule has 4 nitrogen and oxygen atoms in total. The summed E-state index contributed by atoms with van der Waals surface area (Å²) in [5, 5.41) is 0.773. The Bertz CT molecular complexity index is 755. The summed E-state index contributed by atoms with van der Waals surface area (Å²) in [6, 6.07) is 10.4. The number of pyridine rings is 1. The number of fused-ring (bicyclic) bond motifs is 1. The molecule has 4 rings (SSSR count). The highest BCUT2D eigenvalue weighted by atomic mass is 35.5. The molecule has 1 aromatic heterocycles. The van der Waals surface area contributed by atoms with Gasteiger partial charge in [0.1, 0.15) is 0 Å². The van der Waals surface area contributed by atoms with Crippen molar-refractivity contribution in [2.75, 3.05) is 37.6 Å². The van der Waals surface area contributed by atoms with Crippen LogP contribution in [0.5, 0.6) is 0 Å². The Morgan fingerprint density at radius 1 is 1.19 bits per heavy atom. The number of nitrogens with zero attached hydrogens (tertiary/aromatic N) is 3. The summed E-state index contributed by atoms with van der Waals surface area (Å²) in [7, 11) is 0. The molecule has 0 radical (unpaired) electrons. The van der Waals surface area contributed by atoms with Crippen molar-refractivity contribution in [3.05, 3.63) is 53.3 Å². The van der Waals surface area contributed by atoms with Gasteiger partial charge in [0.2, 0.25) is 0 Å². The first-order valence-corrected chi connectivity index (χ1v) is 9.89. The lowest BCUT2D eigenvalue weighted by molar-refractivity contribution is 0.143. The summed E-state index contributed by atoms with van der Waals surface area (Å²) in [5.74, 6) is 0.676. The molecule has 1 aromatic carbocycles. The standard InChI is InChI=1S/C21H27ClN4/c1-21(16-7-11-25(12-8-16)13-9-23)15-26(18-4-2-17(22)3-5-18)20-14-24-10-6-19(20)21/h2-6,10,14,16H,7-9,11-13,15,23H2,1H3. The zero-order valence-electron chi connectivity index (χ0n) is 15.4. The number of aromatic nitrogens is 1. The van der Waals surface area contributed by atoms with Crippen LogP contribution in [-0.2, 0) is 5.41 Å². The Labute approximate surface area is 161 Å².